The van der Waals surface area contributed by atoms with E-state index in [2.05, 4.69) is 15.9 Å². The molecule has 3 heteroatoms. The summed E-state index contributed by atoms with van der Waals surface area (Å²) in [5.74, 6) is 0.464. The smallest absolute Gasteiger partial charge is 0.166 e. The zero-order valence-corrected chi connectivity index (χ0v) is 10.6. The average molecular weight is 288 g/mol. The number of benzene rings is 1. The van der Waals surface area contributed by atoms with Crippen LogP contribution in [0.25, 0.3) is 0 Å². The van der Waals surface area contributed by atoms with Gasteiger partial charge in [-0.25, -0.2) is 0 Å². The van der Waals surface area contributed by atoms with Crippen LogP contribution in [-0.4, -0.2) is 5.78 Å². The molecular weight excluding hydrogens is 275 g/mol. The molecule has 0 saturated heterocycles. The Kier molecular flexibility index (Phi) is 3.47. The predicted octanol–water partition coefficient (Wildman–Crippen LogP) is 4.48. The lowest BCUT2D eigenvalue weighted by Crippen LogP contribution is -2.10. The molecule has 1 aliphatic rings. The molecular formula is C12H12BrClO. The maximum atomic E-state index is 12.1. The second-order valence-electron chi connectivity index (χ2n) is 4.00. The third-order valence-electron chi connectivity index (χ3n) is 2.87. The van der Waals surface area contributed by atoms with Gasteiger partial charge in [0.25, 0.3) is 0 Å². The van der Waals surface area contributed by atoms with E-state index in [4.69, 9.17) is 11.6 Å². The molecule has 0 aromatic heterocycles. The highest BCUT2D eigenvalue weighted by molar-refractivity contribution is 9.10. The Bertz CT molecular complexity index is 363. The molecule has 1 aromatic carbocycles. The van der Waals surface area contributed by atoms with E-state index in [1.54, 1.807) is 12.1 Å². The minimum atomic E-state index is 0.218. The molecule has 2 rings (SSSR count). The van der Waals surface area contributed by atoms with Crippen LogP contribution in [-0.2, 0) is 0 Å². The lowest BCUT2D eigenvalue weighted by Gasteiger charge is -2.08. The van der Waals surface area contributed by atoms with Gasteiger partial charge in [0, 0.05) is 21.0 Å². The van der Waals surface area contributed by atoms with Crippen molar-refractivity contribution in [3.63, 3.8) is 0 Å². The Morgan fingerprint density at radius 3 is 2.53 bits per heavy atom. The normalized spacial score (nSPS) is 16.9. The first-order valence-electron chi connectivity index (χ1n) is 5.17. The van der Waals surface area contributed by atoms with Gasteiger partial charge in [-0.05, 0) is 31.0 Å². The number of hydrogen-bond donors (Lipinski definition) is 0. The second-order valence-corrected chi connectivity index (χ2v) is 5.36. The minimum Gasteiger partial charge on any atom is -0.294 e. The summed E-state index contributed by atoms with van der Waals surface area (Å²) in [6, 6.07) is 5.41. The van der Waals surface area contributed by atoms with Gasteiger partial charge in [0.05, 0.1) is 0 Å². The van der Waals surface area contributed by atoms with Gasteiger partial charge >= 0.3 is 0 Å². The highest BCUT2D eigenvalue weighted by Gasteiger charge is 2.23. The summed E-state index contributed by atoms with van der Waals surface area (Å²) in [5, 5.41) is 0.616. The van der Waals surface area contributed by atoms with Crippen molar-refractivity contribution in [1.29, 1.82) is 0 Å². The van der Waals surface area contributed by atoms with E-state index in [9.17, 15) is 4.79 Å². The number of halogens is 2. The van der Waals surface area contributed by atoms with Crippen molar-refractivity contribution < 1.29 is 4.79 Å². The van der Waals surface area contributed by atoms with Crippen LogP contribution in [0, 0.1) is 5.92 Å². The number of Topliss-reactive ketones (excluding diaryl/α,β-unsaturated/α-hetero) is 1. The molecule has 15 heavy (non-hydrogen) atoms. The number of rotatable bonds is 2. The van der Waals surface area contributed by atoms with Crippen molar-refractivity contribution >= 4 is 33.3 Å². The molecule has 0 atom stereocenters. The number of ketones is 1. The van der Waals surface area contributed by atoms with Gasteiger partial charge in [0.1, 0.15) is 0 Å². The molecule has 0 heterocycles. The topological polar surface area (TPSA) is 17.1 Å². The lowest BCUT2D eigenvalue weighted by molar-refractivity contribution is 0.0923. The van der Waals surface area contributed by atoms with Crippen molar-refractivity contribution in [3.05, 3.63) is 33.3 Å². The summed E-state index contributed by atoms with van der Waals surface area (Å²) in [6.45, 7) is 0. The van der Waals surface area contributed by atoms with Gasteiger partial charge in [-0.3, -0.25) is 4.79 Å². The number of carbonyl (C=O) groups is 1. The molecule has 0 spiro atoms. The summed E-state index contributed by atoms with van der Waals surface area (Å²) in [7, 11) is 0. The van der Waals surface area contributed by atoms with Crippen LogP contribution in [0.5, 0.6) is 0 Å². The maximum Gasteiger partial charge on any atom is 0.166 e. The highest BCUT2D eigenvalue weighted by atomic mass is 79.9. The standard InChI is InChI=1S/C12H12BrClO/c13-10-5-9(6-11(14)7-10)12(15)8-3-1-2-4-8/h5-8H,1-4H2. The van der Waals surface area contributed by atoms with Crippen LogP contribution in [0.15, 0.2) is 22.7 Å². The average Bonchev–Trinajstić information content (AvgIpc) is 2.67. The monoisotopic (exact) mass is 286 g/mol. The second kappa shape index (κ2) is 4.67. The first-order valence-corrected chi connectivity index (χ1v) is 6.34. The Morgan fingerprint density at radius 1 is 1.27 bits per heavy atom. The van der Waals surface area contributed by atoms with Crippen molar-refractivity contribution in [2.45, 2.75) is 25.7 Å². The molecule has 0 unspecified atom stereocenters. The molecule has 80 valence electrons. The lowest BCUT2D eigenvalue weighted by atomic mass is 9.96. The first-order chi connectivity index (χ1) is 7.16. The molecule has 1 aromatic rings. The van der Waals surface area contributed by atoms with Gasteiger partial charge < -0.3 is 0 Å². The van der Waals surface area contributed by atoms with E-state index in [1.807, 2.05) is 6.07 Å². The van der Waals surface area contributed by atoms with E-state index in [-0.39, 0.29) is 11.7 Å². The van der Waals surface area contributed by atoms with Crippen molar-refractivity contribution in [2.24, 2.45) is 5.92 Å². The fourth-order valence-corrected chi connectivity index (χ4v) is 2.98. The minimum absolute atomic E-state index is 0.218. The summed E-state index contributed by atoms with van der Waals surface area (Å²) in [4.78, 5) is 12.1. The van der Waals surface area contributed by atoms with Crippen LogP contribution in [0.2, 0.25) is 5.02 Å². The molecule has 0 radical (unpaired) electrons. The third-order valence-corrected chi connectivity index (χ3v) is 3.55. The molecule has 0 aliphatic heterocycles. The van der Waals surface area contributed by atoms with Crippen molar-refractivity contribution in [1.82, 2.24) is 0 Å². The van der Waals surface area contributed by atoms with E-state index in [1.165, 1.54) is 12.8 Å². The fourth-order valence-electron chi connectivity index (χ4n) is 2.12. The molecule has 0 N–H and O–H groups in total. The van der Waals surface area contributed by atoms with Gasteiger partial charge in [0.2, 0.25) is 0 Å². The van der Waals surface area contributed by atoms with Crippen molar-refractivity contribution in [3.8, 4) is 0 Å². The summed E-state index contributed by atoms with van der Waals surface area (Å²) >= 11 is 9.27. The van der Waals surface area contributed by atoms with Gasteiger partial charge in [-0.15, -0.1) is 0 Å². The van der Waals surface area contributed by atoms with Gasteiger partial charge in [-0.1, -0.05) is 40.4 Å². The summed E-state index contributed by atoms with van der Waals surface area (Å²) in [6.07, 6.45) is 4.42. The quantitative estimate of drug-likeness (QED) is 0.733. The zero-order chi connectivity index (χ0) is 10.8. The third kappa shape index (κ3) is 2.61. The van der Waals surface area contributed by atoms with Crippen LogP contribution in [0.3, 0.4) is 0 Å². The van der Waals surface area contributed by atoms with Crippen LogP contribution in [0.1, 0.15) is 36.0 Å². The molecule has 1 nitrogen and oxygen atoms in total. The Hall–Kier alpha value is -0.340. The van der Waals surface area contributed by atoms with Crippen LogP contribution in [0.4, 0.5) is 0 Å². The Balaban J connectivity index is 2.24. The number of carbonyl (C=O) groups excluding carboxylic acids is 1. The van der Waals surface area contributed by atoms with E-state index >= 15 is 0 Å². The number of hydrogen-bond acceptors (Lipinski definition) is 1. The summed E-state index contributed by atoms with van der Waals surface area (Å²) < 4.78 is 0.872. The predicted molar refractivity (Wildman–Crippen MR) is 65.4 cm³/mol. The van der Waals surface area contributed by atoms with Crippen LogP contribution >= 0.6 is 27.5 Å². The molecule has 1 saturated carbocycles. The van der Waals surface area contributed by atoms with E-state index < -0.39 is 0 Å². The Labute approximate surface area is 103 Å². The highest BCUT2D eigenvalue weighted by Crippen LogP contribution is 2.29. The van der Waals surface area contributed by atoms with Crippen LogP contribution < -0.4 is 0 Å². The van der Waals surface area contributed by atoms with Gasteiger partial charge in [-0.2, -0.15) is 0 Å². The maximum absolute atomic E-state index is 12.1. The Morgan fingerprint density at radius 2 is 1.93 bits per heavy atom. The molecule has 1 fully saturated rings. The van der Waals surface area contributed by atoms with Crippen molar-refractivity contribution in [2.75, 3.05) is 0 Å². The first kappa shape index (κ1) is 11.2. The SMILES string of the molecule is O=C(c1cc(Cl)cc(Br)c1)C1CCCC1. The largest absolute Gasteiger partial charge is 0.294 e. The molecule has 0 bridgehead atoms. The molecule has 0 amide bonds. The van der Waals surface area contributed by atoms with E-state index in [0.717, 1.165) is 22.9 Å². The molecule has 1 aliphatic carbocycles. The fraction of sp³-hybridized carbons (Fsp3) is 0.417. The zero-order valence-electron chi connectivity index (χ0n) is 8.30. The summed E-state index contributed by atoms with van der Waals surface area (Å²) in [5.41, 5.74) is 0.737. The van der Waals surface area contributed by atoms with E-state index in [0.29, 0.717) is 5.02 Å². The van der Waals surface area contributed by atoms with Gasteiger partial charge in [0.15, 0.2) is 5.78 Å².